The molecule has 9 nitrogen and oxygen atoms in total. The van der Waals surface area contributed by atoms with Gasteiger partial charge in [-0.2, -0.15) is 9.61 Å². The molecule has 1 fully saturated rings. The fraction of sp³-hybridized carbons (Fsp3) is 0.444. The first-order valence-corrected chi connectivity index (χ1v) is 12.6. The van der Waals surface area contributed by atoms with Gasteiger partial charge in [-0.25, -0.2) is 4.68 Å². The molecule has 0 saturated carbocycles. The zero-order valence-electron chi connectivity index (χ0n) is 21.4. The minimum atomic E-state index is 0.223. The van der Waals surface area contributed by atoms with E-state index in [2.05, 4.69) is 27.4 Å². The molecule has 1 amide bonds. The van der Waals surface area contributed by atoms with E-state index in [0.717, 1.165) is 60.9 Å². The molecule has 0 bridgehead atoms. The van der Waals surface area contributed by atoms with Crippen LogP contribution in [0.25, 0.3) is 11.5 Å². The third-order valence-corrected chi connectivity index (χ3v) is 7.28. The number of ether oxygens (including phenoxy) is 1. The minimum Gasteiger partial charge on any atom is -0.497 e. The highest BCUT2D eigenvalue weighted by molar-refractivity contribution is 5.76. The van der Waals surface area contributed by atoms with Gasteiger partial charge in [0.15, 0.2) is 17.3 Å². The summed E-state index contributed by atoms with van der Waals surface area (Å²) < 4.78 is 8.91. The molecule has 9 heteroatoms. The van der Waals surface area contributed by atoms with Gasteiger partial charge in [0.1, 0.15) is 5.75 Å². The molecule has 4 aromatic rings. The predicted octanol–water partition coefficient (Wildman–Crippen LogP) is 3.66. The third kappa shape index (κ3) is 4.82. The van der Waals surface area contributed by atoms with Crippen LogP contribution in [0, 0.1) is 26.7 Å². The van der Waals surface area contributed by atoms with Crippen molar-refractivity contribution in [3.05, 3.63) is 64.7 Å². The molecule has 0 atom stereocenters. The molecular formula is C27H33N7O2. The molecule has 0 radical (unpaired) electrons. The molecular weight excluding hydrogens is 454 g/mol. The molecule has 1 aromatic carbocycles. The van der Waals surface area contributed by atoms with Crippen molar-refractivity contribution in [2.75, 3.05) is 20.2 Å². The maximum atomic E-state index is 13.0. The van der Waals surface area contributed by atoms with Gasteiger partial charge in [-0.15, -0.1) is 15.3 Å². The quantitative estimate of drug-likeness (QED) is 0.395. The number of likely N-dealkylation sites (tertiary alicyclic amines) is 1. The monoisotopic (exact) mass is 487 g/mol. The number of aryl methyl sites for hydroxylation is 2. The zero-order valence-corrected chi connectivity index (χ0v) is 21.4. The largest absolute Gasteiger partial charge is 0.497 e. The second kappa shape index (κ2) is 10.1. The molecule has 36 heavy (non-hydrogen) atoms. The van der Waals surface area contributed by atoms with Gasteiger partial charge < -0.3 is 9.64 Å². The number of fused-ring (bicyclic) bond motifs is 1. The molecule has 0 aliphatic carbocycles. The van der Waals surface area contributed by atoms with Gasteiger partial charge >= 0.3 is 0 Å². The number of aromatic nitrogens is 6. The highest BCUT2D eigenvalue weighted by Gasteiger charge is 2.24. The molecule has 0 unspecified atom stereocenters. The maximum Gasteiger partial charge on any atom is 0.222 e. The Morgan fingerprint density at radius 3 is 2.64 bits per heavy atom. The number of methoxy groups -OCH3 is 1. The van der Waals surface area contributed by atoms with Crippen LogP contribution in [0.15, 0.2) is 36.4 Å². The van der Waals surface area contributed by atoms with Crippen LogP contribution in [0.4, 0.5) is 0 Å². The number of benzene rings is 1. The Bertz CT molecular complexity index is 1380. The Labute approximate surface area is 211 Å². The van der Waals surface area contributed by atoms with E-state index in [1.807, 2.05) is 54.6 Å². The first-order valence-electron chi connectivity index (χ1n) is 12.6. The van der Waals surface area contributed by atoms with Gasteiger partial charge in [-0.3, -0.25) is 4.79 Å². The summed E-state index contributed by atoms with van der Waals surface area (Å²) >= 11 is 0. The molecule has 1 aliphatic rings. The number of nitrogens with zero attached hydrogens (tertiary/aromatic N) is 7. The van der Waals surface area contributed by atoms with Gasteiger partial charge in [0.25, 0.3) is 0 Å². The lowest BCUT2D eigenvalue weighted by Gasteiger charge is -2.32. The Morgan fingerprint density at radius 2 is 1.86 bits per heavy atom. The number of carbonyl (C=O) groups is 1. The van der Waals surface area contributed by atoms with E-state index in [9.17, 15) is 4.79 Å². The van der Waals surface area contributed by atoms with E-state index in [-0.39, 0.29) is 5.91 Å². The van der Waals surface area contributed by atoms with Crippen molar-refractivity contribution in [1.29, 1.82) is 0 Å². The van der Waals surface area contributed by atoms with Gasteiger partial charge in [0.2, 0.25) is 5.91 Å². The maximum absolute atomic E-state index is 13.0. The van der Waals surface area contributed by atoms with E-state index >= 15 is 0 Å². The lowest BCUT2D eigenvalue weighted by atomic mass is 9.90. The summed E-state index contributed by atoms with van der Waals surface area (Å²) in [7, 11) is 1.70. The van der Waals surface area contributed by atoms with Crippen LogP contribution >= 0.6 is 0 Å². The van der Waals surface area contributed by atoms with Crippen LogP contribution in [0.3, 0.4) is 0 Å². The van der Waals surface area contributed by atoms with Crippen molar-refractivity contribution < 1.29 is 9.53 Å². The molecule has 0 N–H and O–H groups in total. The third-order valence-electron chi connectivity index (χ3n) is 7.28. The summed E-state index contributed by atoms with van der Waals surface area (Å²) in [4.78, 5) is 15.1. The zero-order chi connectivity index (χ0) is 25.2. The summed E-state index contributed by atoms with van der Waals surface area (Å²) in [5, 5.41) is 17.5. The average Bonchev–Trinajstić information content (AvgIpc) is 3.41. The highest BCUT2D eigenvalue weighted by atomic mass is 16.5. The lowest BCUT2D eigenvalue weighted by molar-refractivity contribution is -0.132. The van der Waals surface area contributed by atoms with Crippen molar-refractivity contribution in [2.24, 2.45) is 5.92 Å². The normalized spacial score (nSPS) is 14.5. The second-order valence-corrected chi connectivity index (χ2v) is 9.65. The van der Waals surface area contributed by atoms with Crippen LogP contribution in [0.5, 0.6) is 5.75 Å². The van der Waals surface area contributed by atoms with E-state index < -0.39 is 0 Å². The van der Waals surface area contributed by atoms with Crippen molar-refractivity contribution in [3.8, 4) is 11.6 Å². The van der Waals surface area contributed by atoms with Crippen molar-refractivity contribution in [2.45, 2.75) is 52.9 Å². The summed E-state index contributed by atoms with van der Waals surface area (Å²) in [5.74, 6) is 3.16. The second-order valence-electron chi connectivity index (χ2n) is 9.65. The highest BCUT2D eigenvalue weighted by Crippen LogP contribution is 2.25. The first-order chi connectivity index (χ1) is 17.4. The Kier molecular flexibility index (Phi) is 6.71. The Hall–Kier alpha value is -3.75. The number of rotatable bonds is 7. The molecule has 3 aromatic heterocycles. The van der Waals surface area contributed by atoms with Crippen molar-refractivity contribution >= 4 is 11.6 Å². The fourth-order valence-corrected chi connectivity index (χ4v) is 5.17. The van der Waals surface area contributed by atoms with Crippen LogP contribution in [0.2, 0.25) is 0 Å². The van der Waals surface area contributed by atoms with Gasteiger partial charge in [0.05, 0.1) is 12.8 Å². The molecule has 1 aliphatic heterocycles. The Balaban J connectivity index is 1.18. The number of carbonyl (C=O) groups excluding carboxylic acids is 1. The van der Waals surface area contributed by atoms with Crippen LogP contribution in [-0.4, -0.2) is 60.6 Å². The summed E-state index contributed by atoms with van der Waals surface area (Å²) in [6, 6.07) is 12.1. The van der Waals surface area contributed by atoms with E-state index in [0.29, 0.717) is 30.2 Å². The van der Waals surface area contributed by atoms with Crippen LogP contribution < -0.4 is 4.74 Å². The predicted molar refractivity (Wildman–Crippen MR) is 136 cm³/mol. The standard InChI is InChI=1S/C27H33N7O2/c1-18-24(19(2)33(30-18)26-10-9-25-29-28-20(3)34(25)31-26)8-11-27(35)32-14-12-21(13-15-32)16-22-6-5-7-23(17-22)36-4/h5-7,9-10,17,21H,8,11-16H2,1-4H3. The minimum absolute atomic E-state index is 0.223. The Morgan fingerprint density at radius 1 is 1.06 bits per heavy atom. The van der Waals surface area contributed by atoms with Gasteiger partial charge in [0, 0.05) is 25.2 Å². The molecule has 1 saturated heterocycles. The SMILES string of the molecule is COc1cccc(CC2CCN(C(=O)CCc3c(C)nn(-c4ccc5nnc(C)n5n4)c3C)CC2)c1. The molecule has 188 valence electrons. The molecule has 4 heterocycles. The van der Waals surface area contributed by atoms with E-state index in [1.165, 1.54) is 5.56 Å². The van der Waals surface area contributed by atoms with Crippen molar-refractivity contribution in [1.82, 2.24) is 34.5 Å². The summed E-state index contributed by atoms with van der Waals surface area (Å²) in [6.45, 7) is 7.56. The molecule has 5 rings (SSSR count). The molecule has 0 spiro atoms. The fourth-order valence-electron chi connectivity index (χ4n) is 5.17. The summed E-state index contributed by atoms with van der Waals surface area (Å²) in [5.41, 5.74) is 5.05. The topological polar surface area (TPSA) is 90.4 Å². The van der Waals surface area contributed by atoms with Gasteiger partial charge in [-0.05, 0) is 87.8 Å². The summed E-state index contributed by atoms with van der Waals surface area (Å²) in [6.07, 6.45) is 4.27. The number of piperidine rings is 1. The van der Waals surface area contributed by atoms with Crippen molar-refractivity contribution in [3.63, 3.8) is 0 Å². The number of hydrogen-bond acceptors (Lipinski definition) is 6. The first kappa shape index (κ1) is 24.0. The smallest absolute Gasteiger partial charge is 0.222 e. The van der Waals surface area contributed by atoms with Gasteiger partial charge in [-0.1, -0.05) is 12.1 Å². The van der Waals surface area contributed by atoms with E-state index in [4.69, 9.17) is 9.84 Å². The van der Waals surface area contributed by atoms with Crippen LogP contribution in [0.1, 0.15) is 47.6 Å². The average molecular weight is 488 g/mol. The lowest BCUT2D eigenvalue weighted by Crippen LogP contribution is -2.39. The van der Waals surface area contributed by atoms with Crippen LogP contribution in [-0.2, 0) is 17.6 Å². The number of amides is 1. The van der Waals surface area contributed by atoms with E-state index in [1.54, 1.807) is 11.6 Å². The number of hydrogen-bond donors (Lipinski definition) is 0.